The summed E-state index contributed by atoms with van der Waals surface area (Å²) in [5, 5.41) is 7.33. The zero-order chi connectivity index (χ0) is 30.1. The molecule has 0 unspecified atom stereocenters. The van der Waals surface area contributed by atoms with Gasteiger partial charge in [-0.25, -0.2) is 9.97 Å². The van der Waals surface area contributed by atoms with Gasteiger partial charge >= 0.3 is 0 Å². The molecule has 1 amide bonds. The zero-order valence-electron chi connectivity index (χ0n) is 24.4. The summed E-state index contributed by atoms with van der Waals surface area (Å²) in [5.41, 5.74) is 6.36. The lowest BCUT2D eigenvalue weighted by Gasteiger charge is -2.27. The van der Waals surface area contributed by atoms with Crippen LogP contribution in [0, 0.1) is 0 Å². The summed E-state index contributed by atoms with van der Waals surface area (Å²) in [6.45, 7) is 6.41. The molecule has 1 saturated heterocycles. The van der Waals surface area contributed by atoms with Gasteiger partial charge in [-0.2, -0.15) is 0 Å². The number of amides is 1. The fourth-order valence-corrected chi connectivity index (χ4v) is 6.18. The predicted molar refractivity (Wildman–Crippen MR) is 169 cm³/mol. The molecule has 6 rings (SSSR count). The molecule has 0 atom stereocenters. The smallest absolute Gasteiger partial charge is 0.291 e. The summed E-state index contributed by atoms with van der Waals surface area (Å²) < 4.78 is 12.8. The second kappa shape index (κ2) is 12.6. The van der Waals surface area contributed by atoms with E-state index in [9.17, 15) is 4.79 Å². The maximum absolute atomic E-state index is 13.5. The van der Waals surface area contributed by atoms with Crippen molar-refractivity contribution >= 4 is 34.8 Å². The number of likely N-dealkylation sites (N-methyl/N-ethyl adjacent to an activating group) is 1. The number of carbonyl (C=O) groups is 1. The first-order chi connectivity index (χ1) is 20.9. The number of imidazole rings is 1. The number of nitrogens with zero attached hydrogens (tertiary/aromatic N) is 4. The minimum Gasteiger partial charge on any atom is -0.481 e. The highest BCUT2D eigenvalue weighted by atomic mass is 35.5. The number of anilines is 1. The van der Waals surface area contributed by atoms with Crippen LogP contribution in [-0.2, 0) is 30.8 Å². The molecule has 0 saturated carbocycles. The Morgan fingerprint density at radius 1 is 1.05 bits per heavy atom. The summed E-state index contributed by atoms with van der Waals surface area (Å²) in [4.78, 5) is 25.1. The highest BCUT2D eigenvalue weighted by molar-refractivity contribution is 6.39. The van der Waals surface area contributed by atoms with E-state index in [0.717, 1.165) is 47.6 Å². The maximum Gasteiger partial charge on any atom is 0.291 e. The maximum atomic E-state index is 13.5. The summed E-state index contributed by atoms with van der Waals surface area (Å²) >= 11 is 13.9. The lowest BCUT2D eigenvalue weighted by Crippen LogP contribution is -2.45. The average molecular weight is 622 g/mol. The van der Waals surface area contributed by atoms with Gasteiger partial charge in [-0.3, -0.25) is 4.79 Å². The van der Waals surface area contributed by atoms with E-state index in [0.29, 0.717) is 71.0 Å². The predicted octanol–water partition coefficient (Wildman–Crippen LogP) is 5.68. The monoisotopic (exact) mass is 620 g/mol. The molecule has 0 radical (unpaired) electrons. The SMILES string of the molecule is CCn1c(C(=O)Nc2cccc(-c3cccc(-c4ccc(CNC5COC5)c(OC)n4)c3Cl)c2Cl)nc2c1CCN(C)C2. The number of rotatable bonds is 9. The lowest BCUT2D eigenvalue weighted by molar-refractivity contribution is -0.00586. The second-order valence-corrected chi connectivity index (χ2v) is 11.6. The molecule has 2 N–H and O–H groups in total. The van der Waals surface area contributed by atoms with Crippen LogP contribution in [0.2, 0.25) is 10.0 Å². The van der Waals surface area contributed by atoms with Crippen molar-refractivity contribution in [3.63, 3.8) is 0 Å². The van der Waals surface area contributed by atoms with Gasteiger partial charge in [0.2, 0.25) is 5.88 Å². The molecule has 2 aromatic heterocycles. The molecule has 0 bridgehead atoms. The number of hydrogen-bond acceptors (Lipinski definition) is 7. The molecule has 1 fully saturated rings. The van der Waals surface area contributed by atoms with Crippen LogP contribution in [0.1, 0.15) is 34.5 Å². The van der Waals surface area contributed by atoms with Gasteiger partial charge in [0.1, 0.15) is 0 Å². The van der Waals surface area contributed by atoms with Crippen molar-refractivity contribution in [1.82, 2.24) is 24.8 Å². The minimum atomic E-state index is -0.298. The Morgan fingerprint density at radius 2 is 1.79 bits per heavy atom. The van der Waals surface area contributed by atoms with Gasteiger partial charge in [-0.15, -0.1) is 0 Å². The summed E-state index contributed by atoms with van der Waals surface area (Å²) in [6, 6.07) is 15.5. The number of benzene rings is 2. The number of hydrogen-bond donors (Lipinski definition) is 2. The fraction of sp³-hybridized carbons (Fsp3) is 0.344. The van der Waals surface area contributed by atoms with E-state index in [1.54, 1.807) is 13.2 Å². The Kier molecular flexibility index (Phi) is 8.70. The molecule has 43 heavy (non-hydrogen) atoms. The van der Waals surface area contributed by atoms with Crippen LogP contribution in [0.15, 0.2) is 48.5 Å². The average Bonchev–Trinajstić information content (AvgIpc) is 3.35. The van der Waals surface area contributed by atoms with Gasteiger partial charge in [0.15, 0.2) is 5.82 Å². The molecular formula is C32H34Cl2N6O3. The van der Waals surface area contributed by atoms with Crippen molar-refractivity contribution in [3.8, 4) is 28.3 Å². The van der Waals surface area contributed by atoms with Gasteiger partial charge in [0.25, 0.3) is 5.91 Å². The van der Waals surface area contributed by atoms with Crippen LogP contribution < -0.4 is 15.4 Å². The third kappa shape index (κ3) is 5.88. The first kappa shape index (κ1) is 29.6. The van der Waals surface area contributed by atoms with E-state index >= 15 is 0 Å². The normalized spacial score (nSPS) is 15.2. The molecule has 2 aliphatic heterocycles. The van der Waals surface area contributed by atoms with E-state index < -0.39 is 0 Å². The van der Waals surface area contributed by atoms with Crippen molar-refractivity contribution in [2.45, 2.75) is 39.0 Å². The molecule has 2 aliphatic rings. The van der Waals surface area contributed by atoms with Crippen LogP contribution in [0.4, 0.5) is 5.69 Å². The Bertz CT molecular complexity index is 1670. The second-order valence-electron chi connectivity index (χ2n) is 10.8. The Hall–Kier alpha value is -3.47. The van der Waals surface area contributed by atoms with Gasteiger partial charge in [0.05, 0.1) is 53.5 Å². The van der Waals surface area contributed by atoms with Crippen LogP contribution >= 0.6 is 23.2 Å². The highest BCUT2D eigenvalue weighted by Crippen LogP contribution is 2.41. The number of halogens is 2. The zero-order valence-corrected chi connectivity index (χ0v) is 25.9. The van der Waals surface area contributed by atoms with Crippen LogP contribution in [-0.4, -0.2) is 65.3 Å². The third-order valence-corrected chi connectivity index (χ3v) is 8.80. The summed E-state index contributed by atoms with van der Waals surface area (Å²) in [5.74, 6) is 0.630. The van der Waals surface area contributed by atoms with Crippen LogP contribution in [0.25, 0.3) is 22.4 Å². The van der Waals surface area contributed by atoms with Crippen molar-refractivity contribution in [3.05, 3.63) is 81.4 Å². The highest BCUT2D eigenvalue weighted by Gasteiger charge is 2.26. The van der Waals surface area contributed by atoms with Crippen LogP contribution in [0.3, 0.4) is 0 Å². The number of carbonyl (C=O) groups excluding carboxylic acids is 1. The molecule has 9 nitrogen and oxygen atoms in total. The Labute approximate surface area is 261 Å². The molecule has 11 heteroatoms. The summed E-state index contributed by atoms with van der Waals surface area (Å²) in [6.07, 6.45) is 0.862. The van der Waals surface area contributed by atoms with Crippen molar-refractivity contribution in [2.24, 2.45) is 0 Å². The van der Waals surface area contributed by atoms with Gasteiger partial charge in [0, 0.05) is 60.5 Å². The number of methoxy groups -OCH3 is 1. The molecule has 224 valence electrons. The Morgan fingerprint density at radius 3 is 2.51 bits per heavy atom. The number of aromatic nitrogens is 3. The molecular weight excluding hydrogens is 587 g/mol. The van der Waals surface area contributed by atoms with Gasteiger partial charge < -0.3 is 29.6 Å². The molecule has 0 spiro atoms. The fourth-order valence-electron chi connectivity index (χ4n) is 5.58. The van der Waals surface area contributed by atoms with E-state index in [4.69, 9.17) is 42.6 Å². The van der Waals surface area contributed by atoms with Crippen molar-refractivity contribution < 1.29 is 14.3 Å². The summed E-state index contributed by atoms with van der Waals surface area (Å²) in [7, 11) is 3.67. The number of nitrogens with one attached hydrogen (secondary N) is 2. The molecule has 2 aromatic carbocycles. The number of fused-ring (bicyclic) bond motifs is 1. The first-order valence-electron chi connectivity index (χ1n) is 14.4. The quantitative estimate of drug-likeness (QED) is 0.249. The van der Waals surface area contributed by atoms with Crippen molar-refractivity contribution in [2.75, 3.05) is 39.2 Å². The lowest BCUT2D eigenvalue weighted by atomic mass is 10.00. The van der Waals surface area contributed by atoms with Crippen molar-refractivity contribution in [1.29, 1.82) is 0 Å². The third-order valence-electron chi connectivity index (χ3n) is 7.99. The van der Waals surface area contributed by atoms with E-state index in [-0.39, 0.29) is 5.91 Å². The molecule has 0 aliphatic carbocycles. The number of pyridine rings is 1. The number of ether oxygens (including phenoxy) is 2. The standard InChI is InChI=1S/C32H34Cl2N6O3/c1-4-40-27-13-14-39(2)16-26(27)36-30(40)31(41)37-25-10-6-8-22(29(25)34)21-7-5-9-23(28(21)33)24-12-11-19(32(38-24)42-3)15-35-20-17-43-18-20/h5-12,20,35H,4,13-18H2,1-3H3,(H,37,41). The van der Waals surface area contributed by atoms with E-state index in [1.807, 2.05) is 54.0 Å². The Balaban J connectivity index is 1.27. The van der Waals surface area contributed by atoms with E-state index in [2.05, 4.69) is 22.6 Å². The van der Waals surface area contributed by atoms with E-state index in [1.165, 1.54) is 0 Å². The van der Waals surface area contributed by atoms with Gasteiger partial charge in [-0.1, -0.05) is 59.6 Å². The largest absolute Gasteiger partial charge is 0.481 e. The van der Waals surface area contributed by atoms with Gasteiger partial charge in [-0.05, 0) is 26.1 Å². The minimum absolute atomic E-state index is 0.298. The topological polar surface area (TPSA) is 93.5 Å². The first-order valence-corrected chi connectivity index (χ1v) is 15.1. The molecule has 4 aromatic rings. The molecule has 4 heterocycles. The van der Waals surface area contributed by atoms with Crippen LogP contribution in [0.5, 0.6) is 5.88 Å².